The Balaban J connectivity index is 1.78. The van der Waals surface area contributed by atoms with Gasteiger partial charge in [-0.05, 0) is 73.1 Å². The highest BCUT2D eigenvalue weighted by molar-refractivity contribution is 5.94. The Bertz CT molecular complexity index is 1170. The number of benzene rings is 2. The summed E-state index contributed by atoms with van der Waals surface area (Å²) in [7, 11) is 1.33. The molecule has 0 amide bonds. The summed E-state index contributed by atoms with van der Waals surface area (Å²) in [6.07, 6.45) is -1.34. The van der Waals surface area contributed by atoms with Gasteiger partial charge in [-0.2, -0.15) is 13.2 Å². The van der Waals surface area contributed by atoms with Gasteiger partial charge in [0.15, 0.2) is 0 Å². The number of imidazole rings is 1. The van der Waals surface area contributed by atoms with Gasteiger partial charge in [0, 0.05) is 11.7 Å². The molecule has 1 aliphatic carbocycles. The van der Waals surface area contributed by atoms with Crippen LogP contribution in [0.1, 0.15) is 62.0 Å². The minimum absolute atomic E-state index is 0.149. The first-order chi connectivity index (χ1) is 15.5. The van der Waals surface area contributed by atoms with E-state index >= 15 is 0 Å². The van der Waals surface area contributed by atoms with Crippen molar-refractivity contribution in [3.8, 4) is 0 Å². The maximum absolute atomic E-state index is 13.0. The lowest BCUT2D eigenvalue weighted by atomic mass is 9.70. The fourth-order valence-corrected chi connectivity index (χ4v) is 5.17. The van der Waals surface area contributed by atoms with Crippen molar-refractivity contribution in [2.24, 2.45) is 11.3 Å². The first-order valence-electron chi connectivity index (χ1n) is 11.0. The minimum Gasteiger partial charge on any atom is -0.465 e. The molecule has 33 heavy (non-hydrogen) atoms. The number of nitrogens with one attached hydrogen (secondary N) is 1. The number of anilines is 2. The van der Waals surface area contributed by atoms with E-state index in [0.29, 0.717) is 28.6 Å². The van der Waals surface area contributed by atoms with Gasteiger partial charge in [-0.3, -0.25) is 0 Å². The van der Waals surface area contributed by atoms with Crippen LogP contribution < -0.4 is 5.32 Å². The molecule has 0 bridgehead atoms. The fourth-order valence-electron chi connectivity index (χ4n) is 5.17. The van der Waals surface area contributed by atoms with Crippen LogP contribution in [0.5, 0.6) is 0 Å². The first-order valence-corrected chi connectivity index (χ1v) is 11.0. The topological polar surface area (TPSA) is 56.1 Å². The van der Waals surface area contributed by atoms with Crippen LogP contribution in [-0.2, 0) is 10.9 Å². The summed E-state index contributed by atoms with van der Waals surface area (Å²) in [5, 5.41) is 3.21. The molecular weight excluding hydrogens is 431 g/mol. The SMILES string of the molecule is COC(=O)c1ccc2c(c1)nc(Nc1ccc(C(F)(F)F)cc1)n2[C@@H]1C[C@H](C)CC(C)(C)C1. The standard InChI is InChI=1S/C25H28F3N3O2/c1-15-11-19(14-24(2,3)13-15)31-21-10-5-16(22(32)33-4)12-20(21)30-23(31)29-18-8-6-17(7-9-18)25(26,27)28/h5-10,12,15,19H,11,13-14H2,1-4H3,(H,29,30)/t15-,19+/m0/s1. The van der Waals surface area contributed by atoms with Gasteiger partial charge in [0.1, 0.15) is 0 Å². The highest BCUT2D eigenvalue weighted by Crippen LogP contribution is 2.46. The Kier molecular flexibility index (Phi) is 5.88. The van der Waals surface area contributed by atoms with Gasteiger partial charge in [0.25, 0.3) is 0 Å². The van der Waals surface area contributed by atoms with E-state index in [9.17, 15) is 18.0 Å². The lowest BCUT2D eigenvalue weighted by Crippen LogP contribution is -2.29. The molecule has 8 heteroatoms. The zero-order chi connectivity index (χ0) is 24.0. The minimum atomic E-state index is -4.39. The molecule has 5 nitrogen and oxygen atoms in total. The summed E-state index contributed by atoms with van der Waals surface area (Å²) in [5.74, 6) is 0.613. The molecule has 0 saturated heterocycles. The number of esters is 1. The quantitative estimate of drug-likeness (QED) is 0.428. The smallest absolute Gasteiger partial charge is 0.416 e. The Labute approximate surface area is 191 Å². The van der Waals surface area contributed by atoms with E-state index < -0.39 is 17.7 Å². The van der Waals surface area contributed by atoms with E-state index in [0.717, 1.165) is 36.9 Å². The molecule has 1 fully saturated rings. The molecule has 0 spiro atoms. The van der Waals surface area contributed by atoms with E-state index in [1.54, 1.807) is 12.1 Å². The summed E-state index contributed by atoms with van der Waals surface area (Å²) < 4.78 is 45.8. The molecule has 0 radical (unpaired) electrons. The Morgan fingerprint density at radius 2 is 1.85 bits per heavy atom. The Morgan fingerprint density at radius 3 is 2.45 bits per heavy atom. The zero-order valence-corrected chi connectivity index (χ0v) is 19.2. The highest BCUT2D eigenvalue weighted by Gasteiger charge is 2.35. The number of methoxy groups -OCH3 is 1. The normalized spacial score (nSPS) is 20.6. The van der Waals surface area contributed by atoms with Crippen molar-refractivity contribution in [3.63, 3.8) is 0 Å². The van der Waals surface area contributed by atoms with Crippen LogP contribution in [0.4, 0.5) is 24.8 Å². The number of fused-ring (bicyclic) bond motifs is 1. The first kappa shape index (κ1) is 23.1. The van der Waals surface area contributed by atoms with Crippen LogP contribution in [0.25, 0.3) is 11.0 Å². The average Bonchev–Trinajstić information content (AvgIpc) is 3.08. The van der Waals surface area contributed by atoms with Crippen molar-refractivity contribution in [1.82, 2.24) is 9.55 Å². The third kappa shape index (κ3) is 4.84. The van der Waals surface area contributed by atoms with E-state index in [2.05, 4.69) is 30.7 Å². The van der Waals surface area contributed by atoms with Crippen molar-refractivity contribution in [1.29, 1.82) is 0 Å². The molecule has 2 atom stereocenters. The van der Waals surface area contributed by atoms with Crippen LogP contribution in [0.3, 0.4) is 0 Å². The van der Waals surface area contributed by atoms with Crippen molar-refractivity contribution < 1.29 is 22.7 Å². The number of nitrogens with zero attached hydrogens (tertiary/aromatic N) is 2. The Hall–Kier alpha value is -3.03. The number of ether oxygens (including phenoxy) is 1. The number of rotatable bonds is 4. The average molecular weight is 460 g/mol. The molecule has 3 aromatic rings. The molecule has 2 aromatic carbocycles. The molecule has 4 rings (SSSR count). The number of aromatic nitrogens is 2. The Morgan fingerprint density at radius 1 is 1.15 bits per heavy atom. The third-order valence-electron chi connectivity index (χ3n) is 6.31. The molecule has 176 valence electrons. The van der Waals surface area contributed by atoms with Crippen LogP contribution in [0.2, 0.25) is 0 Å². The largest absolute Gasteiger partial charge is 0.465 e. The number of carbonyl (C=O) groups excluding carboxylic acids is 1. The third-order valence-corrected chi connectivity index (χ3v) is 6.31. The maximum atomic E-state index is 13.0. The predicted octanol–water partition coefficient (Wildman–Crippen LogP) is 6.97. The lowest BCUT2D eigenvalue weighted by Gasteiger charge is -2.40. The zero-order valence-electron chi connectivity index (χ0n) is 19.2. The number of alkyl halides is 3. The van der Waals surface area contributed by atoms with E-state index in [1.807, 2.05) is 6.07 Å². The van der Waals surface area contributed by atoms with Crippen molar-refractivity contribution in [3.05, 3.63) is 53.6 Å². The number of hydrogen-bond donors (Lipinski definition) is 1. The van der Waals surface area contributed by atoms with Gasteiger partial charge in [0.2, 0.25) is 5.95 Å². The number of carbonyl (C=O) groups is 1. The van der Waals surface area contributed by atoms with Gasteiger partial charge in [-0.1, -0.05) is 20.8 Å². The molecule has 1 saturated carbocycles. The highest BCUT2D eigenvalue weighted by atomic mass is 19.4. The predicted molar refractivity (Wildman–Crippen MR) is 122 cm³/mol. The lowest BCUT2D eigenvalue weighted by molar-refractivity contribution is -0.137. The molecular formula is C25H28F3N3O2. The number of halogens is 3. The number of hydrogen-bond acceptors (Lipinski definition) is 4. The summed E-state index contributed by atoms with van der Waals surface area (Å²) in [4.78, 5) is 16.7. The molecule has 0 aliphatic heterocycles. The van der Waals surface area contributed by atoms with Crippen LogP contribution in [-0.4, -0.2) is 22.6 Å². The van der Waals surface area contributed by atoms with Crippen molar-refractivity contribution in [2.45, 2.75) is 52.3 Å². The van der Waals surface area contributed by atoms with Crippen LogP contribution in [0.15, 0.2) is 42.5 Å². The van der Waals surface area contributed by atoms with Gasteiger partial charge >= 0.3 is 12.1 Å². The van der Waals surface area contributed by atoms with Crippen LogP contribution in [0, 0.1) is 11.3 Å². The van der Waals surface area contributed by atoms with Gasteiger partial charge in [-0.15, -0.1) is 0 Å². The second kappa shape index (κ2) is 8.39. The van der Waals surface area contributed by atoms with Gasteiger partial charge in [0.05, 0.1) is 29.3 Å². The van der Waals surface area contributed by atoms with Crippen molar-refractivity contribution >= 4 is 28.6 Å². The van der Waals surface area contributed by atoms with Gasteiger partial charge in [-0.25, -0.2) is 9.78 Å². The summed E-state index contributed by atoms with van der Waals surface area (Å²) in [5.41, 5.74) is 1.85. The molecule has 1 aromatic heterocycles. The molecule has 1 N–H and O–H groups in total. The second-order valence-electron chi connectivity index (χ2n) is 9.77. The van der Waals surface area contributed by atoms with E-state index in [4.69, 9.17) is 9.72 Å². The molecule has 0 unspecified atom stereocenters. The summed E-state index contributed by atoms with van der Waals surface area (Å²) in [6.45, 7) is 6.76. The van der Waals surface area contributed by atoms with E-state index in [1.165, 1.54) is 19.2 Å². The summed E-state index contributed by atoms with van der Waals surface area (Å²) >= 11 is 0. The van der Waals surface area contributed by atoms with Crippen molar-refractivity contribution in [2.75, 3.05) is 12.4 Å². The molecule has 1 aliphatic rings. The fraction of sp³-hybridized carbons (Fsp3) is 0.440. The van der Waals surface area contributed by atoms with Crippen LogP contribution >= 0.6 is 0 Å². The second-order valence-corrected chi connectivity index (χ2v) is 9.77. The molecule has 1 heterocycles. The summed E-state index contributed by atoms with van der Waals surface area (Å²) in [6, 6.07) is 10.3. The van der Waals surface area contributed by atoms with Gasteiger partial charge < -0.3 is 14.6 Å². The monoisotopic (exact) mass is 459 g/mol. The van der Waals surface area contributed by atoms with E-state index in [-0.39, 0.29) is 11.5 Å². The maximum Gasteiger partial charge on any atom is 0.416 e.